The third kappa shape index (κ3) is 2.04. The summed E-state index contributed by atoms with van der Waals surface area (Å²) in [5, 5.41) is 0. The first-order valence-corrected chi connectivity index (χ1v) is 11.9. The van der Waals surface area contributed by atoms with Gasteiger partial charge in [-0.2, -0.15) is 0 Å². The third-order valence-corrected chi connectivity index (χ3v) is 8.58. The van der Waals surface area contributed by atoms with E-state index in [1.54, 1.807) is 33.4 Å². The van der Waals surface area contributed by atoms with Crippen LogP contribution in [0.2, 0.25) is 0 Å². The maximum Gasteiger partial charge on any atom is 0.0281 e. The Kier molecular flexibility index (Phi) is 3.47. The topological polar surface area (TPSA) is 0 Å². The monoisotopic (exact) mass is 412 g/mol. The van der Waals surface area contributed by atoms with Crippen molar-refractivity contribution >= 4 is 0 Å². The van der Waals surface area contributed by atoms with Gasteiger partial charge in [-0.3, -0.25) is 0 Å². The van der Waals surface area contributed by atoms with Crippen molar-refractivity contribution in [2.24, 2.45) is 0 Å². The minimum Gasteiger partial charge on any atom is -0.0590 e. The van der Waals surface area contributed by atoms with E-state index in [0.717, 1.165) is 0 Å². The molecule has 0 heteroatoms. The van der Waals surface area contributed by atoms with E-state index < -0.39 is 0 Å². The van der Waals surface area contributed by atoms with Crippen LogP contribution >= 0.6 is 0 Å². The van der Waals surface area contributed by atoms with Crippen molar-refractivity contribution in [2.75, 3.05) is 0 Å². The minimum atomic E-state index is 0.0239. The highest BCUT2D eigenvalue weighted by molar-refractivity contribution is 5.74. The summed E-state index contributed by atoms with van der Waals surface area (Å²) in [4.78, 5) is 0. The zero-order valence-electron chi connectivity index (χ0n) is 19.2. The average molecular weight is 413 g/mol. The Morgan fingerprint density at radius 3 is 1.12 bits per heavy atom. The predicted molar refractivity (Wildman–Crippen MR) is 132 cm³/mol. The highest BCUT2D eigenvalue weighted by Gasteiger charge is 2.67. The first-order chi connectivity index (χ1) is 15.5. The zero-order valence-corrected chi connectivity index (χ0v) is 19.2. The van der Waals surface area contributed by atoms with Crippen LogP contribution in [0.3, 0.4) is 0 Å². The van der Waals surface area contributed by atoms with E-state index in [1.165, 1.54) is 27.8 Å². The van der Waals surface area contributed by atoms with Crippen molar-refractivity contribution < 1.29 is 0 Å². The van der Waals surface area contributed by atoms with Gasteiger partial charge >= 0.3 is 0 Å². The summed E-state index contributed by atoms with van der Waals surface area (Å²) >= 11 is 0. The van der Waals surface area contributed by atoms with Gasteiger partial charge in [0.1, 0.15) is 0 Å². The lowest BCUT2D eigenvalue weighted by molar-refractivity contribution is 0.386. The second-order valence-corrected chi connectivity index (χ2v) is 10.5. The van der Waals surface area contributed by atoms with E-state index in [2.05, 4.69) is 107 Å². The van der Waals surface area contributed by atoms with Crippen LogP contribution in [0.15, 0.2) is 78.9 Å². The Balaban J connectivity index is 1.67. The molecule has 4 aromatic carbocycles. The lowest BCUT2D eigenvalue weighted by Crippen LogP contribution is -2.33. The van der Waals surface area contributed by atoms with Crippen molar-refractivity contribution in [1.82, 2.24) is 0 Å². The number of benzene rings is 4. The van der Waals surface area contributed by atoms with Crippen LogP contribution in [0, 0.1) is 27.7 Å². The molecule has 0 heterocycles. The molecule has 0 amide bonds. The van der Waals surface area contributed by atoms with Crippen LogP contribution in [0.1, 0.15) is 79.0 Å². The third-order valence-electron chi connectivity index (χ3n) is 8.58. The number of fused-ring (bicyclic) bond motifs is 9. The van der Waals surface area contributed by atoms with Crippen molar-refractivity contribution in [3.05, 3.63) is 140 Å². The van der Waals surface area contributed by atoms with Crippen molar-refractivity contribution in [3.8, 4) is 0 Å². The van der Waals surface area contributed by atoms with Gasteiger partial charge in [-0.05, 0) is 66.6 Å². The predicted octanol–water partition coefficient (Wildman–Crippen LogP) is 7.59. The largest absolute Gasteiger partial charge is 0.0590 e. The van der Waals surface area contributed by atoms with E-state index in [0.29, 0.717) is 17.8 Å². The molecule has 4 aromatic rings. The van der Waals surface area contributed by atoms with Crippen LogP contribution < -0.4 is 0 Å². The quantitative estimate of drug-likeness (QED) is 0.302. The number of hydrogen-bond acceptors (Lipinski definition) is 0. The molecule has 4 atom stereocenters. The minimum absolute atomic E-state index is 0.0239. The molecule has 156 valence electrons. The molecule has 0 radical (unpaired) electrons. The van der Waals surface area contributed by atoms with Crippen LogP contribution in [0.5, 0.6) is 0 Å². The molecule has 0 spiro atoms. The lowest BCUT2D eigenvalue weighted by atomic mass is 9.64. The Hall–Kier alpha value is -3.12. The number of rotatable bonds is 1. The second kappa shape index (κ2) is 6.01. The van der Waals surface area contributed by atoms with E-state index >= 15 is 0 Å². The Morgan fingerprint density at radius 2 is 0.750 bits per heavy atom. The van der Waals surface area contributed by atoms with E-state index in [1.807, 2.05) is 0 Å². The van der Waals surface area contributed by atoms with Gasteiger partial charge in [0.25, 0.3) is 0 Å². The molecule has 0 saturated carbocycles. The highest BCUT2D eigenvalue weighted by atomic mass is 14.7. The number of hydrogen-bond donors (Lipinski definition) is 0. The van der Waals surface area contributed by atoms with Crippen molar-refractivity contribution in [2.45, 2.75) is 50.9 Å². The van der Waals surface area contributed by atoms with Crippen LogP contribution in [-0.4, -0.2) is 0 Å². The molecule has 0 nitrogen and oxygen atoms in total. The standard InChI is InChI=1S/C32H28/c1-18-5-10-22(11-6-18)32-29-24-13-8-20(3)16-27(24)31(32)25-14-9-21(4)17-28(25)30(32)23-12-7-19(2)15-26(23)29/h5-17,29-31H,1-4H3/t29-,30-,31?,32?/m1/s1. The normalized spacial score (nSPS) is 25.9. The van der Waals surface area contributed by atoms with E-state index in [-0.39, 0.29) is 5.41 Å². The Morgan fingerprint density at radius 1 is 0.406 bits per heavy atom. The van der Waals surface area contributed by atoms with Gasteiger partial charge in [-0.25, -0.2) is 0 Å². The van der Waals surface area contributed by atoms with Crippen LogP contribution in [0.25, 0.3) is 0 Å². The summed E-state index contributed by atoms with van der Waals surface area (Å²) < 4.78 is 0. The summed E-state index contributed by atoms with van der Waals surface area (Å²) in [7, 11) is 0. The SMILES string of the molecule is Cc1ccc(C23C4c5cc(C)ccc5[C@@H]2c2cc(C)ccc2[C@@H]3c2cc(C)ccc24)cc1. The molecule has 7 rings (SSSR count). The smallest absolute Gasteiger partial charge is 0.0281 e. The fraction of sp³-hybridized carbons (Fsp3) is 0.250. The molecule has 3 aliphatic rings. The van der Waals surface area contributed by atoms with Crippen molar-refractivity contribution in [3.63, 3.8) is 0 Å². The fourth-order valence-corrected chi connectivity index (χ4v) is 7.51. The number of aryl methyl sites for hydroxylation is 4. The van der Waals surface area contributed by atoms with Gasteiger partial charge in [0.2, 0.25) is 0 Å². The Bertz CT molecular complexity index is 1280. The molecule has 0 saturated heterocycles. The maximum atomic E-state index is 2.48. The maximum absolute atomic E-state index is 2.48. The molecule has 2 unspecified atom stereocenters. The first-order valence-electron chi connectivity index (χ1n) is 11.9. The van der Waals surface area contributed by atoms with Gasteiger partial charge in [0.15, 0.2) is 0 Å². The molecule has 0 fully saturated rings. The Labute approximate surface area is 191 Å². The second-order valence-electron chi connectivity index (χ2n) is 10.5. The van der Waals surface area contributed by atoms with E-state index in [4.69, 9.17) is 0 Å². The van der Waals surface area contributed by atoms with Crippen molar-refractivity contribution in [1.29, 1.82) is 0 Å². The summed E-state index contributed by atoms with van der Waals surface area (Å²) in [6.07, 6.45) is 0. The molecule has 3 aliphatic carbocycles. The molecule has 32 heavy (non-hydrogen) atoms. The molecule has 0 N–H and O–H groups in total. The molecular weight excluding hydrogens is 384 g/mol. The summed E-state index contributed by atoms with van der Waals surface area (Å²) in [6, 6.07) is 31.2. The fourth-order valence-electron chi connectivity index (χ4n) is 7.51. The van der Waals surface area contributed by atoms with Gasteiger partial charge in [0, 0.05) is 23.2 Å². The summed E-state index contributed by atoms with van der Waals surface area (Å²) in [5.41, 5.74) is 16.2. The zero-order chi connectivity index (χ0) is 21.8. The molecule has 0 bridgehead atoms. The van der Waals surface area contributed by atoms with Crippen LogP contribution in [0.4, 0.5) is 0 Å². The van der Waals surface area contributed by atoms with Gasteiger partial charge < -0.3 is 0 Å². The first kappa shape index (κ1) is 18.5. The van der Waals surface area contributed by atoms with Gasteiger partial charge in [-0.15, -0.1) is 0 Å². The van der Waals surface area contributed by atoms with Gasteiger partial charge in [0.05, 0.1) is 0 Å². The molecule has 0 aromatic heterocycles. The van der Waals surface area contributed by atoms with Crippen LogP contribution in [-0.2, 0) is 5.41 Å². The lowest BCUT2D eigenvalue weighted by Gasteiger charge is -2.37. The molecule has 0 aliphatic heterocycles. The highest BCUT2D eigenvalue weighted by Crippen LogP contribution is 2.76. The average Bonchev–Trinajstić information content (AvgIpc) is 3.33. The summed E-state index contributed by atoms with van der Waals surface area (Å²) in [6.45, 7) is 8.93. The van der Waals surface area contributed by atoms with E-state index in [9.17, 15) is 0 Å². The van der Waals surface area contributed by atoms with Gasteiger partial charge in [-0.1, -0.05) is 101 Å². The summed E-state index contributed by atoms with van der Waals surface area (Å²) in [5.74, 6) is 1.20. The molecular formula is C32H28.